The van der Waals surface area contributed by atoms with Crippen LogP contribution in [-0.4, -0.2) is 33.5 Å². The Morgan fingerprint density at radius 3 is 2.41 bits per heavy atom. The molecule has 0 unspecified atom stereocenters. The average Bonchev–Trinajstić information content (AvgIpc) is 3.29. The summed E-state index contributed by atoms with van der Waals surface area (Å²) in [5.41, 5.74) is 11.0. The van der Waals surface area contributed by atoms with E-state index in [-0.39, 0.29) is 24.8 Å². The number of amides is 2. The number of H-pyrrole nitrogens is 1. The molecular weight excluding hydrogens is 464 g/mol. The van der Waals surface area contributed by atoms with Crippen molar-refractivity contribution in [2.75, 3.05) is 0 Å². The Bertz CT molecular complexity index is 1370. The fraction of sp³-hybridized carbons (Fsp3) is 0.267. The van der Waals surface area contributed by atoms with Gasteiger partial charge in [0.05, 0.1) is 6.61 Å². The smallest absolute Gasteiger partial charge is 0.243 e. The van der Waals surface area contributed by atoms with E-state index in [2.05, 4.69) is 15.6 Å². The van der Waals surface area contributed by atoms with Gasteiger partial charge in [0.15, 0.2) is 0 Å². The van der Waals surface area contributed by atoms with Crippen molar-refractivity contribution in [3.8, 4) is 11.1 Å². The van der Waals surface area contributed by atoms with Crippen LogP contribution in [0.2, 0.25) is 0 Å². The lowest BCUT2D eigenvalue weighted by Crippen LogP contribution is -2.50. The van der Waals surface area contributed by atoms with Gasteiger partial charge in [-0.3, -0.25) is 9.59 Å². The maximum atomic E-state index is 13.3. The zero-order valence-corrected chi connectivity index (χ0v) is 21.3. The van der Waals surface area contributed by atoms with Gasteiger partial charge in [-0.25, -0.2) is 0 Å². The monoisotopic (exact) mass is 498 g/mol. The topological polar surface area (TPSA) is 120 Å². The summed E-state index contributed by atoms with van der Waals surface area (Å²) < 4.78 is 0. The van der Waals surface area contributed by atoms with Crippen LogP contribution >= 0.6 is 0 Å². The molecule has 7 nitrogen and oxygen atoms in total. The van der Waals surface area contributed by atoms with Crippen molar-refractivity contribution in [2.45, 2.75) is 51.4 Å². The summed E-state index contributed by atoms with van der Waals surface area (Å²) in [6.45, 7) is 3.86. The van der Waals surface area contributed by atoms with Crippen LogP contribution in [0.5, 0.6) is 0 Å². The summed E-state index contributed by atoms with van der Waals surface area (Å²) >= 11 is 0. The van der Waals surface area contributed by atoms with Crippen LogP contribution in [0.15, 0.2) is 79.0 Å². The minimum Gasteiger partial charge on any atom is -0.392 e. The number of carbonyl (C=O) groups is 2. The normalized spacial score (nSPS) is 12.3. The highest BCUT2D eigenvalue weighted by Gasteiger charge is 2.25. The summed E-state index contributed by atoms with van der Waals surface area (Å²) in [6, 6.07) is 22.7. The highest BCUT2D eigenvalue weighted by atomic mass is 16.3. The molecule has 0 aliphatic rings. The zero-order valence-electron chi connectivity index (χ0n) is 21.3. The van der Waals surface area contributed by atoms with E-state index in [0.717, 1.165) is 38.7 Å². The number of rotatable bonds is 10. The highest BCUT2D eigenvalue weighted by molar-refractivity contribution is 5.90. The third kappa shape index (κ3) is 6.84. The summed E-state index contributed by atoms with van der Waals surface area (Å²) in [4.78, 5) is 29.2. The largest absolute Gasteiger partial charge is 0.392 e. The van der Waals surface area contributed by atoms with Gasteiger partial charge in [0.25, 0.3) is 0 Å². The Labute approximate surface area is 217 Å². The number of nitrogens with two attached hydrogens (primary N) is 1. The molecule has 4 aromatic rings. The van der Waals surface area contributed by atoms with Gasteiger partial charge in [0, 0.05) is 42.0 Å². The molecule has 0 aliphatic heterocycles. The highest BCUT2D eigenvalue weighted by Crippen LogP contribution is 2.24. The molecule has 192 valence electrons. The van der Waals surface area contributed by atoms with Gasteiger partial charge in [-0.15, -0.1) is 0 Å². The van der Waals surface area contributed by atoms with Crippen molar-refractivity contribution in [1.82, 2.24) is 15.6 Å². The van der Waals surface area contributed by atoms with Gasteiger partial charge in [-0.2, -0.15) is 0 Å². The maximum Gasteiger partial charge on any atom is 0.243 e. The SMILES string of the molecule is CC(C)(N)CC(=O)N[C@H](Cc1c[nH]c2ccccc12)C(=O)NCc1ccc(-c2ccccc2CO)cc1. The van der Waals surface area contributed by atoms with E-state index in [0.29, 0.717) is 13.0 Å². The predicted octanol–water partition coefficient (Wildman–Crippen LogP) is 3.80. The van der Waals surface area contributed by atoms with Crippen molar-refractivity contribution < 1.29 is 14.7 Å². The van der Waals surface area contributed by atoms with E-state index in [1.807, 2.05) is 79.0 Å². The third-order valence-corrected chi connectivity index (χ3v) is 6.29. The number of fused-ring (bicyclic) bond motifs is 1. The van der Waals surface area contributed by atoms with Gasteiger partial charge in [-0.1, -0.05) is 66.7 Å². The molecular formula is C30H34N4O3. The lowest BCUT2D eigenvalue weighted by Gasteiger charge is -2.22. The van der Waals surface area contributed by atoms with E-state index >= 15 is 0 Å². The summed E-state index contributed by atoms with van der Waals surface area (Å²) in [6.07, 6.45) is 2.35. The molecule has 1 atom stereocenters. The molecule has 7 heteroatoms. The van der Waals surface area contributed by atoms with Crippen molar-refractivity contribution in [3.63, 3.8) is 0 Å². The second-order valence-electron chi connectivity index (χ2n) is 10.1. The maximum absolute atomic E-state index is 13.3. The molecule has 37 heavy (non-hydrogen) atoms. The van der Waals surface area contributed by atoms with Crippen LogP contribution in [0.4, 0.5) is 0 Å². The summed E-state index contributed by atoms with van der Waals surface area (Å²) in [5.74, 6) is -0.525. The number of benzene rings is 3. The second-order valence-corrected chi connectivity index (χ2v) is 10.1. The van der Waals surface area contributed by atoms with Gasteiger partial charge < -0.3 is 26.5 Å². The van der Waals surface area contributed by atoms with Crippen molar-refractivity contribution in [1.29, 1.82) is 0 Å². The number of hydrogen-bond donors (Lipinski definition) is 5. The Morgan fingerprint density at radius 1 is 0.973 bits per heavy atom. The number of aromatic amines is 1. The molecule has 1 aromatic heterocycles. The number of nitrogens with one attached hydrogen (secondary N) is 3. The first-order valence-corrected chi connectivity index (χ1v) is 12.4. The summed E-state index contributed by atoms with van der Waals surface area (Å²) in [7, 11) is 0. The number of aliphatic hydroxyl groups excluding tert-OH is 1. The number of aliphatic hydroxyl groups is 1. The van der Waals surface area contributed by atoms with E-state index < -0.39 is 11.6 Å². The molecule has 2 amide bonds. The molecule has 1 heterocycles. The summed E-state index contributed by atoms with van der Waals surface area (Å²) in [5, 5.41) is 16.5. The third-order valence-electron chi connectivity index (χ3n) is 6.29. The van der Waals surface area contributed by atoms with E-state index in [4.69, 9.17) is 5.73 Å². The number of aromatic nitrogens is 1. The zero-order chi connectivity index (χ0) is 26.4. The van der Waals surface area contributed by atoms with Crippen LogP contribution < -0.4 is 16.4 Å². The van der Waals surface area contributed by atoms with E-state index in [9.17, 15) is 14.7 Å². The second kappa shape index (κ2) is 11.4. The van der Waals surface area contributed by atoms with Crippen LogP contribution in [0.3, 0.4) is 0 Å². The Morgan fingerprint density at radius 2 is 1.68 bits per heavy atom. The Balaban J connectivity index is 1.46. The molecule has 0 fully saturated rings. The van der Waals surface area contributed by atoms with Gasteiger partial charge in [0.2, 0.25) is 11.8 Å². The van der Waals surface area contributed by atoms with Crippen LogP contribution in [0.25, 0.3) is 22.0 Å². The number of hydrogen-bond acceptors (Lipinski definition) is 4. The minimum atomic E-state index is -0.746. The van der Waals surface area contributed by atoms with Crippen LogP contribution in [0, 0.1) is 0 Å². The molecule has 0 radical (unpaired) electrons. The fourth-order valence-electron chi connectivity index (χ4n) is 4.44. The van der Waals surface area contributed by atoms with Crippen LogP contribution in [0.1, 0.15) is 37.0 Å². The number of para-hydroxylation sites is 1. The lowest BCUT2D eigenvalue weighted by molar-refractivity contribution is -0.129. The van der Waals surface area contributed by atoms with E-state index in [1.54, 1.807) is 13.8 Å². The Kier molecular flexibility index (Phi) is 8.06. The van der Waals surface area contributed by atoms with Gasteiger partial charge >= 0.3 is 0 Å². The predicted molar refractivity (Wildman–Crippen MR) is 146 cm³/mol. The molecule has 0 saturated heterocycles. The van der Waals surface area contributed by atoms with Crippen molar-refractivity contribution >= 4 is 22.7 Å². The standard InChI is InChI=1S/C30H34N4O3/c1-30(2,31)16-28(36)34-27(15-23-18-32-26-10-6-5-9-25(23)26)29(37)33-17-20-11-13-21(14-12-20)24-8-4-3-7-22(24)19-35/h3-14,18,27,32,35H,15-17,19,31H2,1-2H3,(H,33,37)(H,34,36)/t27-/m1/s1. The molecule has 6 N–H and O–H groups in total. The van der Waals surface area contributed by atoms with E-state index in [1.165, 1.54) is 0 Å². The molecule has 0 aliphatic carbocycles. The molecule has 0 saturated carbocycles. The average molecular weight is 499 g/mol. The number of carbonyl (C=O) groups excluding carboxylic acids is 2. The first-order chi connectivity index (χ1) is 17.7. The minimum absolute atomic E-state index is 0.0289. The molecule has 0 spiro atoms. The quantitative estimate of drug-likeness (QED) is 0.228. The van der Waals surface area contributed by atoms with Crippen molar-refractivity contribution in [3.05, 3.63) is 95.7 Å². The molecule has 3 aromatic carbocycles. The fourth-order valence-corrected chi connectivity index (χ4v) is 4.44. The Hall–Kier alpha value is -3.94. The van der Waals surface area contributed by atoms with Crippen molar-refractivity contribution in [2.24, 2.45) is 5.73 Å². The lowest BCUT2D eigenvalue weighted by atomic mass is 9.99. The first-order valence-electron chi connectivity index (χ1n) is 12.4. The van der Waals surface area contributed by atoms with Crippen LogP contribution in [-0.2, 0) is 29.2 Å². The van der Waals surface area contributed by atoms with Gasteiger partial charge in [-0.05, 0) is 47.7 Å². The first kappa shape index (κ1) is 26.1. The molecule has 4 rings (SSSR count). The van der Waals surface area contributed by atoms with Gasteiger partial charge in [0.1, 0.15) is 6.04 Å². The molecule has 0 bridgehead atoms.